The van der Waals surface area contributed by atoms with Gasteiger partial charge in [0.2, 0.25) is 0 Å². The topological polar surface area (TPSA) is 146 Å². The Bertz CT molecular complexity index is 2830. The van der Waals surface area contributed by atoms with Crippen LogP contribution in [0.4, 0.5) is 5.69 Å². The number of hydrogen-bond donors (Lipinski definition) is 2. The Morgan fingerprint density at radius 3 is 2.19 bits per heavy atom. The molecule has 0 aliphatic carbocycles. The van der Waals surface area contributed by atoms with Gasteiger partial charge in [-0.2, -0.15) is 5.10 Å². The highest BCUT2D eigenvalue weighted by Crippen LogP contribution is 2.34. The number of aryl methyl sites for hydroxylation is 1. The van der Waals surface area contributed by atoms with Gasteiger partial charge in [0.15, 0.2) is 22.7 Å². The molecular formula is C46H41N7O6. The SMILES string of the molecule is COc1cc(NC(=O)c2cc(=O)c3ccccc3o2)c(C(=O)NCc2ccc(CN(Cc3ccc(-n4ccnc4)cc3)Cc3ccc4c(cnn4C)c3)cc2)cc1OC. The normalized spacial score (nSPS) is 11.3. The number of amides is 2. The van der Waals surface area contributed by atoms with Crippen molar-refractivity contribution in [3.63, 3.8) is 0 Å². The molecular weight excluding hydrogens is 747 g/mol. The molecule has 0 bridgehead atoms. The molecule has 8 rings (SSSR count). The third kappa shape index (κ3) is 8.60. The van der Waals surface area contributed by atoms with E-state index in [9.17, 15) is 14.4 Å². The molecule has 0 aliphatic rings. The van der Waals surface area contributed by atoms with E-state index in [1.54, 1.807) is 36.8 Å². The van der Waals surface area contributed by atoms with Crippen molar-refractivity contribution in [1.82, 2.24) is 29.5 Å². The van der Waals surface area contributed by atoms with Crippen molar-refractivity contribution in [3.8, 4) is 17.2 Å². The zero-order valence-electron chi connectivity index (χ0n) is 32.7. The number of carbonyl (C=O) groups is 2. The number of carbonyl (C=O) groups excluding carboxylic acids is 2. The van der Waals surface area contributed by atoms with E-state index in [0.717, 1.165) is 46.9 Å². The van der Waals surface area contributed by atoms with E-state index in [-0.39, 0.29) is 34.6 Å². The molecule has 2 N–H and O–H groups in total. The first-order valence-electron chi connectivity index (χ1n) is 18.9. The van der Waals surface area contributed by atoms with Crippen LogP contribution < -0.4 is 25.5 Å². The summed E-state index contributed by atoms with van der Waals surface area (Å²) in [6, 6.07) is 33.9. The summed E-state index contributed by atoms with van der Waals surface area (Å²) in [5.74, 6) is -0.764. The quantitative estimate of drug-likeness (QED) is 0.116. The van der Waals surface area contributed by atoms with Gasteiger partial charge in [0.05, 0.1) is 48.9 Å². The number of fused-ring (bicyclic) bond motifs is 2. The van der Waals surface area contributed by atoms with Crippen LogP contribution in [0.3, 0.4) is 0 Å². The Kier molecular flexibility index (Phi) is 11.0. The molecule has 3 heterocycles. The molecule has 0 saturated carbocycles. The molecule has 0 spiro atoms. The lowest BCUT2D eigenvalue weighted by Crippen LogP contribution is -2.25. The van der Waals surface area contributed by atoms with Gasteiger partial charge < -0.3 is 29.1 Å². The third-order valence-corrected chi connectivity index (χ3v) is 10.1. The summed E-state index contributed by atoms with van der Waals surface area (Å²) in [5.41, 5.74) is 6.69. The van der Waals surface area contributed by atoms with Crippen LogP contribution in [0.25, 0.3) is 27.6 Å². The van der Waals surface area contributed by atoms with Crippen molar-refractivity contribution in [1.29, 1.82) is 0 Å². The van der Waals surface area contributed by atoms with Gasteiger partial charge in [-0.25, -0.2) is 4.98 Å². The van der Waals surface area contributed by atoms with Gasteiger partial charge in [0, 0.05) is 68.8 Å². The molecule has 59 heavy (non-hydrogen) atoms. The number of methoxy groups -OCH3 is 2. The molecule has 2 amide bonds. The Morgan fingerprint density at radius 1 is 0.780 bits per heavy atom. The van der Waals surface area contributed by atoms with Crippen molar-refractivity contribution in [2.75, 3.05) is 19.5 Å². The van der Waals surface area contributed by atoms with E-state index in [0.29, 0.717) is 23.4 Å². The molecule has 0 radical (unpaired) electrons. The number of hydrogen-bond acceptors (Lipinski definition) is 9. The Labute approximate surface area is 339 Å². The number of ether oxygens (including phenoxy) is 2. The van der Waals surface area contributed by atoms with Crippen molar-refractivity contribution < 1.29 is 23.5 Å². The van der Waals surface area contributed by atoms with Crippen LogP contribution >= 0.6 is 0 Å². The van der Waals surface area contributed by atoms with Gasteiger partial charge in [0.1, 0.15) is 5.58 Å². The van der Waals surface area contributed by atoms with Gasteiger partial charge in [-0.15, -0.1) is 0 Å². The number of anilines is 1. The van der Waals surface area contributed by atoms with Crippen LogP contribution in [0.1, 0.15) is 43.2 Å². The molecule has 3 aromatic heterocycles. The average Bonchev–Trinajstić information content (AvgIpc) is 3.93. The fourth-order valence-corrected chi connectivity index (χ4v) is 7.05. The minimum absolute atomic E-state index is 0.133. The summed E-state index contributed by atoms with van der Waals surface area (Å²) in [7, 11) is 4.86. The second-order valence-corrected chi connectivity index (χ2v) is 14.1. The Morgan fingerprint density at radius 2 is 1.46 bits per heavy atom. The van der Waals surface area contributed by atoms with E-state index < -0.39 is 11.8 Å². The first-order chi connectivity index (χ1) is 28.7. The fourth-order valence-electron chi connectivity index (χ4n) is 7.05. The first-order valence-corrected chi connectivity index (χ1v) is 18.9. The lowest BCUT2D eigenvalue weighted by molar-refractivity contribution is 0.0951. The summed E-state index contributed by atoms with van der Waals surface area (Å²) in [4.78, 5) is 46.4. The van der Waals surface area contributed by atoms with E-state index in [2.05, 4.69) is 80.2 Å². The van der Waals surface area contributed by atoms with Crippen molar-refractivity contribution in [2.45, 2.75) is 26.2 Å². The van der Waals surface area contributed by atoms with Crippen LogP contribution in [0, 0.1) is 0 Å². The molecule has 13 nitrogen and oxygen atoms in total. The molecule has 0 aliphatic heterocycles. The maximum atomic E-state index is 13.7. The number of nitrogens with zero attached hydrogens (tertiary/aromatic N) is 5. The highest BCUT2D eigenvalue weighted by molar-refractivity contribution is 6.08. The summed E-state index contributed by atoms with van der Waals surface area (Å²) in [6.07, 6.45) is 7.37. The zero-order chi connectivity index (χ0) is 40.9. The van der Waals surface area contributed by atoms with Crippen molar-refractivity contribution in [2.24, 2.45) is 7.05 Å². The van der Waals surface area contributed by atoms with Crippen molar-refractivity contribution >= 4 is 39.4 Å². The van der Waals surface area contributed by atoms with Crippen LogP contribution in [-0.2, 0) is 33.2 Å². The van der Waals surface area contributed by atoms with Gasteiger partial charge in [0.25, 0.3) is 11.8 Å². The number of para-hydroxylation sites is 1. The number of aromatic nitrogens is 4. The predicted molar refractivity (Wildman–Crippen MR) is 225 cm³/mol. The lowest BCUT2D eigenvalue weighted by atomic mass is 10.1. The van der Waals surface area contributed by atoms with E-state index >= 15 is 0 Å². The first kappa shape index (κ1) is 38.4. The summed E-state index contributed by atoms with van der Waals surface area (Å²) in [6.45, 7) is 2.36. The minimum atomic E-state index is -0.706. The lowest BCUT2D eigenvalue weighted by Gasteiger charge is -2.23. The highest BCUT2D eigenvalue weighted by atomic mass is 16.5. The summed E-state index contributed by atoms with van der Waals surface area (Å²) < 4.78 is 20.5. The number of rotatable bonds is 14. The summed E-state index contributed by atoms with van der Waals surface area (Å²) in [5, 5.41) is 11.6. The standard InChI is InChI=1S/C46H41N7O6/c1-51-39-17-14-33(20-34(39)25-49-51)28-52(27-32-12-15-35(16-13-32)53-19-18-47-29-53)26-31-10-8-30(9-11-31)24-48-45(55)37-21-42(57-2)43(58-3)22-38(37)50-46(56)44-23-40(54)36-6-4-5-7-41(36)59-44/h4-23,25,29H,24,26-28H2,1-3H3,(H,48,55)(H,50,56). The molecule has 0 fully saturated rings. The molecule has 296 valence electrons. The number of imidazole rings is 1. The number of benzene rings is 5. The monoisotopic (exact) mass is 787 g/mol. The Balaban J connectivity index is 0.972. The highest BCUT2D eigenvalue weighted by Gasteiger charge is 2.21. The van der Waals surface area contributed by atoms with Gasteiger partial charge in [-0.1, -0.05) is 54.6 Å². The van der Waals surface area contributed by atoms with Gasteiger partial charge in [-0.05, 0) is 64.7 Å². The van der Waals surface area contributed by atoms with E-state index in [1.807, 2.05) is 40.8 Å². The van der Waals surface area contributed by atoms with Gasteiger partial charge in [-0.3, -0.25) is 24.0 Å². The maximum absolute atomic E-state index is 13.7. The Hall–Kier alpha value is -7.51. The van der Waals surface area contributed by atoms with Crippen LogP contribution in [-0.4, -0.2) is 50.3 Å². The van der Waals surface area contributed by atoms with Gasteiger partial charge >= 0.3 is 0 Å². The average molecular weight is 788 g/mol. The van der Waals surface area contributed by atoms with Crippen LogP contribution in [0.2, 0.25) is 0 Å². The largest absolute Gasteiger partial charge is 0.493 e. The third-order valence-electron chi connectivity index (χ3n) is 10.1. The molecule has 0 saturated heterocycles. The summed E-state index contributed by atoms with van der Waals surface area (Å²) >= 11 is 0. The smallest absolute Gasteiger partial charge is 0.291 e. The van der Waals surface area contributed by atoms with Crippen LogP contribution in [0.15, 0.2) is 143 Å². The van der Waals surface area contributed by atoms with E-state index in [4.69, 9.17) is 13.9 Å². The second-order valence-electron chi connectivity index (χ2n) is 14.1. The molecule has 8 aromatic rings. The van der Waals surface area contributed by atoms with Crippen LogP contribution in [0.5, 0.6) is 11.5 Å². The maximum Gasteiger partial charge on any atom is 0.291 e. The second kappa shape index (κ2) is 16.9. The minimum Gasteiger partial charge on any atom is -0.493 e. The number of nitrogens with one attached hydrogen (secondary N) is 2. The fraction of sp³-hybridized carbons (Fsp3) is 0.152. The molecule has 5 aromatic carbocycles. The van der Waals surface area contributed by atoms with E-state index in [1.165, 1.54) is 37.5 Å². The van der Waals surface area contributed by atoms with Crippen molar-refractivity contribution in [3.05, 3.63) is 178 Å². The molecule has 0 atom stereocenters. The molecule has 0 unspecified atom stereocenters. The predicted octanol–water partition coefficient (Wildman–Crippen LogP) is 7.27. The molecule has 13 heteroatoms. The zero-order valence-corrected chi connectivity index (χ0v) is 32.7.